The SMILES string of the molecule is CC(C)CN(C[C@@H](O)[C@H](Cc1ccccc1)NC(=O)CCC(=O)NC(Cc1ccccc1)[C@@H](O)CN(CC(C)C)S(=O)(=O)c1ccc(N)cc1)S(=O)(=O)c1ccc(N)cc1. The number of amides is 2. The minimum atomic E-state index is -4.05. The zero-order chi connectivity index (χ0) is 44.0. The molecule has 0 heterocycles. The molecule has 0 saturated carbocycles. The molecule has 4 aromatic carbocycles. The molecule has 0 aromatic heterocycles. The Morgan fingerprint density at radius 1 is 0.533 bits per heavy atom. The lowest BCUT2D eigenvalue weighted by atomic mass is 10.00. The Morgan fingerprint density at radius 3 is 1.15 bits per heavy atom. The van der Waals surface area contributed by atoms with Gasteiger partial charge in [0.15, 0.2) is 0 Å². The Balaban J connectivity index is 1.49. The Hall–Kier alpha value is -4.84. The molecule has 4 rings (SSSR count). The van der Waals surface area contributed by atoms with Crippen molar-refractivity contribution in [2.24, 2.45) is 11.8 Å². The summed E-state index contributed by atoms with van der Waals surface area (Å²) in [7, 11) is -8.11. The summed E-state index contributed by atoms with van der Waals surface area (Å²) in [6, 6.07) is 28.0. The lowest BCUT2D eigenvalue weighted by Gasteiger charge is -2.31. The molecule has 2 amide bonds. The van der Waals surface area contributed by atoms with Crippen LogP contribution >= 0.6 is 0 Å². The number of benzene rings is 4. The average molecular weight is 865 g/mol. The van der Waals surface area contributed by atoms with Crippen molar-refractivity contribution in [1.82, 2.24) is 19.2 Å². The highest BCUT2D eigenvalue weighted by atomic mass is 32.2. The van der Waals surface area contributed by atoms with Crippen LogP contribution in [0.4, 0.5) is 11.4 Å². The van der Waals surface area contributed by atoms with Crippen LogP contribution in [0.2, 0.25) is 0 Å². The van der Waals surface area contributed by atoms with Crippen molar-refractivity contribution in [2.45, 2.75) is 87.5 Å². The lowest BCUT2D eigenvalue weighted by Crippen LogP contribution is -2.52. The van der Waals surface area contributed by atoms with E-state index in [1.54, 1.807) is 0 Å². The molecule has 4 aromatic rings. The first kappa shape index (κ1) is 47.8. The summed E-state index contributed by atoms with van der Waals surface area (Å²) in [5.74, 6) is -1.28. The van der Waals surface area contributed by atoms with Crippen LogP contribution in [0.25, 0.3) is 0 Å². The molecule has 0 aliphatic carbocycles. The number of carbonyl (C=O) groups excluding carboxylic acids is 2. The van der Waals surface area contributed by atoms with Crippen LogP contribution in [0, 0.1) is 11.8 Å². The molecule has 326 valence electrons. The first-order valence-corrected chi connectivity index (χ1v) is 23.0. The van der Waals surface area contributed by atoms with E-state index >= 15 is 0 Å². The van der Waals surface area contributed by atoms with E-state index in [4.69, 9.17) is 11.5 Å². The molecular formula is C44H60N6O8S2. The van der Waals surface area contributed by atoms with Crippen LogP contribution in [-0.2, 0) is 42.5 Å². The van der Waals surface area contributed by atoms with Gasteiger partial charge in [0, 0.05) is 50.4 Å². The number of anilines is 2. The van der Waals surface area contributed by atoms with Gasteiger partial charge in [-0.3, -0.25) is 9.59 Å². The topological polar surface area (TPSA) is 225 Å². The van der Waals surface area contributed by atoms with E-state index in [1.165, 1.54) is 57.1 Å². The second-order valence-corrected chi connectivity index (χ2v) is 19.8. The van der Waals surface area contributed by atoms with Crippen LogP contribution in [0.1, 0.15) is 51.7 Å². The monoisotopic (exact) mass is 864 g/mol. The lowest BCUT2D eigenvalue weighted by molar-refractivity contribution is -0.128. The van der Waals surface area contributed by atoms with Crippen LogP contribution in [0.5, 0.6) is 0 Å². The van der Waals surface area contributed by atoms with E-state index in [0.29, 0.717) is 11.4 Å². The fourth-order valence-corrected chi connectivity index (χ4v) is 9.94. The highest BCUT2D eigenvalue weighted by Gasteiger charge is 2.33. The molecule has 0 fully saturated rings. The fraction of sp³-hybridized carbons (Fsp3) is 0.409. The van der Waals surface area contributed by atoms with Crippen LogP contribution < -0.4 is 22.1 Å². The Morgan fingerprint density at radius 2 is 0.850 bits per heavy atom. The fourth-order valence-electron chi connectivity index (χ4n) is 6.69. The van der Waals surface area contributed by atoms with E-state index in [2.05, 4.69) is 10.6 Å². The van der Waals surface area contributed by atoms with E-state index in [0.717, 1.165) is 11.1 Å². The number of nitrogens with one attached hydrogen (secondary N) is 2. The van der Waals surface area contributed by atoms with Crippen molar-refractivity contribution >= 4 is 43.2 Å². The number of sulfonamides is 2. The predicted octanol–water partition coefficient (Wildman–Crippen LogP) is 3.80. The van der Waals surface area contributed by atoms with Gasteiger partial charge in [0.2, 0.25) is 31.9 Å². The number of hydrogen-bond acceptors (Lipinski definition) is 10. The number of hydrogen-bond donors (Lipinski definition) is 6. The predicted molar refractivity (Wildman–Crippen MR) is 234 cm³/mol. The molecule has 0 aliphatic rings. The van der Waals surface area contributed by atoms with Gasteiger partial charge in [-0.2, -0.15) is 8.61 Å². The van der Waals surface area contributed by atoms with Crippen LogP contribution in [0.3, 0.4) is 0 Å². The van der Waals surface area contributed by atoms with E-state index in [1.807, 2.05) is 88.4 Å². The van der Waals surface area contributed by atoms with Crippen molar-refractivity contribution < 1.29 is 36.6 Å². The summed E-state index contributed by atoms with van der Waals surface area (Å²) in [5.41, 5.74) is 14.0. The molecule has 16 heteroatoms. The number of aliphatic hydroxyl groups is 2. The Bertz CT molecular complexity index is 2020. The Kier molecular flexibility index (Phi) is 17.6. The van der Waals surface area contributed by atoms with Gasteiger partial charge in [-0.15, -0.1) is 0 Å². The second kappa shape index (κ2) is 22.1. The molecule has 8 N–H and O–H groups in total. The summed E-state index contributed by atoms with van der Waals surface area (Å²) < 4.78 is 57.5. The number of nitrogens with zero attached hydrogens (tertiary/aromatic N) is 2. The second-order valence-electron chi connectivity index (χ2n) is 15.9. The van der Waals surface area contributed by atoms with Crippen molar-refractivity contribution in [2.75, 3.05) is 37.6 Å². The molecule has 4 atom stereocenters. The standard InChI is InChI=1S/C44H60N6O8S2/c1-31(2)27-49(59(55,56)37-19-15-35(45)16-20-37)29-41(51)39(25-33-11-7-5-8-12-33)47-43(53)23-24-44(54)48-40(26-34-13-9-6-10-14-34)42(52)30-50(28-32(3)4)60(57,58)38-21-17-36(46)18-22-38/h5-22,31-32,39-42,51-52H,23-30,45-46H2,1-4H3,(H,47,53)(H,48,54)/t39-,40?,41+,42-/m0/s1. The first-order valence-electron chi connectivity index (χ1n) is 20.1. The summed E-state index contributed by atoms with van der Waals surface area (Å²) in [6.45, 7) is 7.03. The highest BCUT2D eigenvalue weighted by Crippen LogP contribution is 2.22. The number of nitrogens with two attached hydrogens (primary N) is 2. The molecule has 0 radical (unpaired) electrons. The summed E-state index contributed by atoms with van der Waals surface area (Å²) >= 11 is 0. The molecule has 0 spiro atoms. The van der Waals surface area contributed by atoms with Crippen molar-refractivity contribution in [3.63, 3.8) is 0 Å². The zero-order valence-corrected chi connectivity index (χ0v) is 36.4. The normalized spacial score (nSPS) is 14.2. The molecular weight excluding hydrogens is 805 g/mol. The molecule has 0 aliphatic heterocycles. The Labute approximate surface area is 355 Å². The largest absolute Gasteiger partial charge is 0.399 e. The number of rotatable bonds is 23. The maximum Gasteiger partial charge on any atom is 0.243 e. The van der Waals surface area contributed by atoms with Crippen LogP contribution in [-0.4, -0.2) is 97.9 Å². The number of aliphatic hydroxyl groups excluding tert-OH is 2. The van der Waals surface area contributed by atoms with Crippen molar-refractivity contribution in [3.05, 3.63) is 120 Å². The van der Waals surface area contributed by atoms with Gasteiger partial charge in [-0.25, -0.2) is 16.8 Å². The zero-order valence-electron chi connectivity index (χ0n) is 34.7. The molecule has 14 nitrogen and oxygen atoms in total. The first-order chi connectivity index (χ1) is 28.3. The maximum absolute atomic E-state index is 13.8. The number of nitrogen functional groups attached to an aromatic ring is 2. The van der Waals surface area contributed by atoms with Gasteiger partial charge >= 0.3 is 0 Å². The van der Waals surface area contributed by atoms with Gasteiger partial charge in [0.05, 0.1) is 34.1 Å². The van der Waals surface area contributed by atoms with Gasteiger partial charge in [0.25, 0.3) is 0 Å². The third-order valence-corrected chi connectivity index (χ3v) is 13.4. The summed E-state index contributed by atoms with van der Waals surface area (Å²) in [6.07, 6.45) is -2.91. The van der Waals surface area contributed by atoms with Crippen LogP contribution in [0.15, 0.2) is 119 Å². The smallest absolute Gasteiger partial charge is 0.243 e. The highest BCUT2D eigenvalue weighted by molar-refractivity contribution is 7.89. The van der Waals surface area contributed by atoms with E-state index < -0.39 is 56.2 Å². The molecule has 1 unspecified atom stereocenters. The quantitative estimate of drug-likeness (QED) is 0.0592. The van der Waals surface area contributed by atoms with E-state index in [-0.39, 0.29) is 73.5 Å². The van der Waals surface area contributed by atoms with E-state index in [9.17, 15) is 36.6 Å². The minimum absolute atomic E-state index is 0.0194. The van der Waals surface area contributed by atoms with Gasteiger partial charge in [-0.05, 0) is 84.3 Å². The van der Waals surface area contributed by atoms with Crippen molar-refractivity contribution in [1.29, 1.82) is 0 Å². The number of carbonyl (C=O) groups is 2. The summed E-state index contributed by atoms with van der Waals surface area (Å²) in [4.78, 5) is 27.1. The van der Waals surface area contributed by atoms with Gasteiger partial charge < -0.3 is 32.3 Å². The average Bonchev–Trinajstić information content (AvgIpc) is 3.19. The molecule has 0 saturated heterocycles. The van der Waals surface area contributed by atoms with Gasteiger partial charge in [-0.1, -0.05) is 88.4 Å². The minimum Gasteiger partial charge on any atom is -0.399 e. The third kappa shape index (κ3) is 14.4. The van der Waals surface area contributed by atoms with Crippen molar-refractivity contribution in [3.8, 4) is 0 Å². The maximum atomic E-state index is 13.8. The molecule has 60 heavy (non-hydrogen) atoms. The molecule has 0 bridgehead atoms. The van der Waals surface area contributed by atoms with Gasteiger partial charge in [0.1, 0.15) is 0 Å². The summed E-state index contributed by atoms with van der Waals surface area (Å²) in [5, 5.41) is 28.9. The third-order valence-electron chi connectivity index (χ3n) is 9.75.